The van der Waals surface area contributed by atoms with E-state index in [9.17, 15) is 9.59 Å². The standard InChI is InChI=1S/C24H22N2O3/c1-15-13-16-7-2-5-12-21(16)26(15)22(27)14-29-24(28)23-17-8-3-4-10-19(17)25-20-11-6-9-18(20)23/h2-5,7-8,10,12,15H,6,9,11,13-14H2,1H3/t15-/m0/s1. The minimum Gasteiger partial charge on any atom is -0.452 e. The SMILES string of the molecule is C[C@H]1Cc2ccccc2N1C(=O)COC(=O)c1c2c(nc3ccccc13)CCC2. The average molecular weight is 386 g/mol. The summed E-state index contributed by atoms with van der Waals surface area (Å²) < 4.78 is 5.54. The molecule has 5 rings (SSSR count). The lowest BCUT2D eigenvalue weighted by Gasteiger charge is -2.22. The number of benzene rings is 2. The van der Waals surface area contributed by atoms with Gasteiger partial charge in [0, 0.05) is 22.8 Å². The van der Waals surface area contributed by atoms with Crippen molar-refractivity contribution >= 4 is 28.5 Å². The van der Waals surface area contributed by atoms with Gasteiger partial charge in [-0.25, -0.2) is 4.79 Å². The minimum atomic E-state index is -0.435. The number of hydrogen-bond donors (Lipinski definition) is 0. The molecule has 1 aliphatic carbocycles. The van der Waals surface area contributed by atoms with E-state index in [4.69, 9.17) is 9.72 Å². The van der Waals surface area contributed by atoms with E-state index in [0.29, 0.717) is 5.56 Å². The largest absolute Gasteiger partial charge is 0.452 e. The van der Waals surface area contributed by atoms with Crippen molar-refractivity contribution in [1.29, 1.82) is 0 Å². The Hall–Kier alpha value is -3.21. The molecule has 0 N–H and O–H groups in total. The highest BCUT2D eigenvalue weighted by atomic mass is 16.5. The number of amides is 1. The van der Waals surface area contributed by atoms with Crippen LogP contribution in [-0.2, 0) is 28.8 Å². The lowest BCUT2D eigenvalue weighted by Crippen LogP contribution is -2.38. The maximum absolute atomic E-state index is 13.0. The average Bonchev–Trinajstić information content (AvgIpc) is 3.32. The lowest BCUT2D eigenvalue weighted by molar-refractivity contribution is -0.122. The van der Waals surface area contributed by atoms with Gasteiger partial charge in [0.2, 0.25) is 0 Å². The number of pyridine rings is 1. The van der Waals surface area contributed by atoms with Gasteiger partial charge < -0.3 is 9.64 Å². The number of rotatable bonds is 3. The van der Waals surface area contributed by atoms with Gasteiger partial charge in [-0.2, -0.15) is 0 Å². The van der Waals surface area contributed by atoms with Crippen LogP contribution < -0.4 is 4.90 Å². The van der Waals surface area contributed by atoms with Crippen LogP contribution in [0.25, 0.3) is 10.9 Å². The zero-order valence-corrected chi connectivity index (χ0v) is 16.4. The van der Waals surface area contributed by atoms with Crippen molar-refractivity contribution in [3.8, 4) is 0 Å². The molecule has 2 heterocycles. The Morgan fingerprint density at radius 3 is 2.79 bits per heavy atom. The first-order valence-corrected chi connectivity index (χ1v) is 10.1. The van der Waals surface area contributed by atoms with Gasteiger partial charge >= 0.3 is 5.97 Å². The van der Waals surface area contributed by atoms with Crippen molar-refractivity contribution in [2.75, 3.05) is 11.5 Å². The quantitative estimate of drug-likeness (QED) is 0.642. The van der Waals surface area contributed by atoms with E-state index in [-0.39, 0.29) is 18.6 Å². The number of esters is 1. The van der Waals surface area contributed by atoms with Crippen LogP contribution in [0.5, 0.6) is 0 Å². The molecular formula is C24H22N2O3. The molecule has 1 amide bonds. The van der Waals surface area contributed by atoms with Gasteiger partial charge in [0.15, 0.2) is 6.61 Å². The number of carbonyl (C=O) groups is 2. The maximum atomic E-state index is 13.0. The topological polar surface area (TPSA) is 59.5 Å². The van der Waals surface area contributed by atoms with Crippen molar-refractivity contribution in [2.45, 2.75) is 38.6 Å². The Balaban J connectivity index is 1.40. The van der Waals surface area contributed by atoms with Crippen LogP contribution in [-0.4, -0.2) is 29.5 Å². The van der Waals surface area contributed by atoms with Crippen LogP contribution >= 0.6 is 0 Å². The van der Waals surface area contributed by atoms with Crippen LogP contribution in [0.4, 0.5) is 5.69 Å². The van der Waals surface area contributed by atoms with Crippen molar-refractivity contribution in [2.24, 2.45) is 0 Å². The normalized spacial score (nSPS) is 17.3. The zero-order chi connectivity index (χ0) is 20.0. The molecule has 1 aliphatic heterocycles. The van der Waals surface area contributed by atoms with Crippen molar-refractivity contribution in [3.63, 3.8) is 0 Å². The molecule has 146 valence electrons. The summed E-state index contributed by atoms with van der Waals surface area (Å²) in [4.78, 5) is 32.4. The fourth-order valence-corrected chi connectivity index (χ4v) is 4.66. The first kappa shape index (κ1) is 17.9. The Morgan fingerprint density at radius 1 is 1.10 bits per heavy atom. The molecule has 1 atom stereocenters. The molecule has 1 aromatic heterocycles. The molecule has 5 nitrogen and oxygen atoms in total. The van der Waals surface area contributed by atoms with Crippen LogP contribution in [0.15, 0.2) is 48.5 Å². The summed E-state index contributed by atoms with van der Waals surface area (Å²) in [5.41, 5.74) is 5.39. The monoisotopic (exact) mass is 386 g/mol. The second kappa shape index (κ2) is 6.99. The summed E-state index contributed by atoms with van der Waals surface area (Å²) in [5, 5.41) is 0.797. The molecule has 0 saturated carbocycles. The zero-order valence-electron chi connectivity index (χ0n) is 16.4. The van der Waals surface area contributed by atoms with E-state index in [1.54, 1.807) is 4.90 Å². The number of para-hydroxylation sites is 2. The van der Waals surface area contributed by atoms with E-state index >= 15 is 0 Å². The van der Waals surface area contributed by atoms with E-state index in [1.807, 2.05) is 55.5 Å². The highest BCUT2D eigenvalue weighted by Gasteiger charge is 2.32. The molecule has 0 fully saturated rings. The molecule has 5 heteroatoms. The number of aryl methyl sites for hydroxylation is 1. The van der Waals surface area contributed by atoms with Gasteiger partial charge in [-0.1, -0.05) is 36.4 Å². The molecule has 0 unspecified atom stereocenters. The predicted molar refractivity (Wildman–Crippen MR) is 111 cm³/mol. The van der Waals surface area contributed by atoms with Crippen LogP contribution in [0.1, 0.15) is 40.5 Å². The van der Waals surface area contributed by atoms with Crippen molar-refractivity contribution in [1.82, 2.24) is 4.98 Å². The van der Waals surface area contributed by atoms with Crippen molar-refractivity contribution in [3.05, 3.63) is 70.9 Å². The second-order valence-corrected chi connectivity index (χ2v) is 7.80. The number of fused-ring (bicyclic) bond motifs is 3. The van der Waals surface area contributed by atoms with Crippen LogP contribution in [0, 0.1) is 0 Å². The Bertz CT molecular complexity index is 1140. The van der Waals surface area contributed by atoms with E-state index in [2.05, 4.69) is 0 Å². The molecule has 0 saturated heterocycles. The van der Waals surface area contributed by atoms with E-state index < -0.39 is 5.97 Å². The summed E-state index contributed by atoms with van der Waals surface area (Å²) in [6.45, 7) is 1.76. The first-order chi connectivity index (χ1) is 14.1. The third-order valence-electron chi connectivity index (χ3n) is 5.93. The predicted octanol–water partition coefficient (Wildman–Crippen LogP) is 3.86. The summed E-state index contributed by atoms with van der Waals surface area (Å²) in [5.74, 6) is -0.624. The van der Waals surface area contributed by atoms with E-state index in [0.717, 1.165) is 59.1 Å². The molecule has 0 radical (unpaired) electrons. The number of ether oxygens (including phenoxy) is 1. The second-order valence-electron chi connectivity index (χ2n) is 7.80. The number of hydrogen-bond acceptors (Lipinski definition) is 4. The molecule has 0 spiro atoms. The number of carbonyl (C=O) groups excluding carboxylic acids is 2. The van der Waals surface area contributed by atoms with Gasteiger partial charge in [0.25, 0.3) is 5.91 Å². The minimum absolute atomic E-state index is 0.0598. The molecule has 2 aromatic carbocycles. The lowest BCUT2D eigenvalue weighted by atomic mass is 10.0. The summed E-state index contributed by atoms with van der Waals surface area (Å²) in [6, 6.07) is 15.6. The van der Waals surface area contributed by atoms with Gasteiger partial charge in [-0.15, -0.1) is 0 Å². The summed E-state index contributed by atoms with van der Waals surface area (Å²) >= 11 is 0. The smallest absolute Gasteiger partial charge is 0.339 e. The Kier molecular flexibility index (Phi) is 4.31. The fourth-order valence-electron chi connectivity index (χ4n) is 4.66. The fraction of sp³-hybridized carbons (Fsp3) is 0.292. The number of aromatic nitrogens is 1. The van der Waals surface area contributed by atoms with Gasteiger partial charge in [-0.3, -0.25) is 9.78 Å². The summed E-state index contributed by atoms with van der Waals surface area (Å²) in [7, 11) is 0. The Morgan fingerprint density at radius 2 is 1.90 bits per heavy atom. The number of nitrogens with zero attached hydrogens (tertiary/aromatic N) is 2. The third kappa shape index (κ3) is 2.97. The third-order valence-corrected chi connectivity index (χ3v) is 5.93. The summed E-state index contributed by atoms with van der Waals surface area (Å²) in [6.07, 6.45) is 3.50. The van der Waals surface area contributed by atoms with Crippen LogP contribution in [0.3, 0.4) is 0 Å². The molecule has 3 aromatic rings. The first-order valence-electron chi connectivity index (χ1n) is 10.1. The molecule has 2 aliphatic rings. The van der Waals surface area contributed by atoms with Gasteiger partial charge in [-0.05, 0) is 55.9 Å². The molecule has 0 bridgehead atoms. The molecular weight excluding hydrogens is 364 g/mol. The molecule has 29 heavy (non-hydrogen) atoms. The Labute approximate surface area is 169 Å². The van der Waals surface area contributed by atoms with Crippen LogP contribution in [0.2, 0.25) is 0 Å². The van der Waals surface area contributed by atoms with E-state index in [1.165, 1.54) is 0 Å². The van der Waals surface area contributed by atoms with Crippen molar-refractivity contribution < 1.29 is 14.3 Å². The maximum Gasteiger partial charge on any atom is 0.339 e. The highest BCUT2D eigenvalue weighted by molar-refractivity contribution is 6.06. The number of anilines is 1. The van der Waals surface area contributed by atoms with Gasteiger partial charge in [0.1, 0.15) is 0 Å². The highest BCUT2D eigenvalue weighted by Crippen LogP contribution is 2.33. The van der Waals surface area contributed by atoms with Gasteiger partial charge in [0.05, 0.1) is 11.1 Å².